The van der Waals surface area contributed by atoms with E-state index in [-0.39, 0.29) is 11.8 Å². The Morgan fingerprint density at radius 2 is 2.20 bits per heavy atom. The van der Waals surface area contributed by atoms with Gasteiger partial charge in [0.25, 0.3) is 0 Å². The van der Waals surface area contributed by atoms with Crippen molar-refractivity contribution < 1.29 is 14.6 Å². The van der Waals surface area contributed by atoms with Crippen molar-refractivity contribution in [1.82, 2.24) is 5.32 Å². The quantitative estimate of drug-likeness (QED) is 0.709. The number of carbonyl (C=O) groups excluding carboxylic acids is 1. The van der Waals surface area contributed by atoms with Crippen molar-refractivity contribution in [2.75, 3.05) is 19.8 Å². The van der Waals surface area contributed by atoms with Crippen molar-refractivity contribution in [2.45, 2.75) is 38.7 Å². The van der Waals surface area contributed by atoms with E-state index in [4.69, 9.17) is 4.74 Å². The molecule has 4 nitrogen and oxygen atoms in total. The lowest BCUT2D eigenvalue weighted by Crippen LogP contribution is -2.45. The van der Waals surface area contributed by atoms with Crippen LogP contribution in [0.25, 0.3) is 0 Å². The molecule has 0 spiro atoms. The monoisotopic (exact) mass is 215 g/mol. The number of rotatable bonds is 5. The number of nitrogens with one attached hydrogen (secondary N) is 1. The summed E-state index contributed by atoms with van der Waals surface area (Å²) >= 11 is 0. The van der Waals surface area contributed by atoms with Crippen LogP contribution in [0, 0.1) is 5.92 Å². The van der Waals surface area contributed by atoms with Crippen LogP contribution in [0.3, 0.4) is 0 Å². The third-order valence-corrected chi connectivity index (χ3v) is 3.03. The van der Waals surface area contributed by atoms with Gasteiger partial charge >= 0.3 is 0 Å². The van der Waals surface area contributed by atoms with Crippen LogP contribution in [-0.4, -0.2) is 36.4 Å². The van der Waals surface area contributed by atoms with Crippen LogP contribution >= 0.6 is 0 Å². The van der Waals surface area contributed by atoms with E-state index in [0.717, 1.165) is 12.8 Å². The van der Waals surface area contributed by atoms with Crippen LogP contribution in [0.15, 0.2) is 0 Å². The third-order valence-electron chi connectivity index (χ3n) is 3.03. The molecule has 1 fully saturated rings. The Labute approximate surface area is 91.0 Å². The first-order valence-electron chi connectivity index (χ1n) is 5.69. The van der Waals surface area contributed by atoms with Crippen LogP contribution in [0.2, 0.25) is 0 Å². The fraction of sp³-hybridized carbons (Fsp3) is 0.909. The summed E-state index contributed by atoms with van der Waals surface area (Å²) in [5.74, 6) is 0.108. The van der Waals surface area contributed by atoms with E-state index in [2.05, 4.69) is 5.32 Å². The summed E-state index contributed by atoms with van der Waals surface area (Å²) in [5, 5.41) is 12.7. The molecule has 1 aliphatic heterocycles. The predicted octanol–water partition coefficient (Wildman–Crippen LogP) is 0.690. The highest BCUT2D eigenvalue weighted by Crippen LogP contribution is 2.17. The fourth-order valence-corrected chi connectivity index (χ4v) is 1.79. The summed E-state index contributed by atoms with van der Waals surface area (Å²) in [4.78, 5) is 11.6. The molecule has 4 heteroatoms. The van der Waals surface area contributed by atoms with E-state index in [1.807, 2.05) is 13.8 Å². The Hall–Kier alpha value is -0.610. The highest BCUT2D eigenvalue weighted by molar-refractivity contribution is 5.78. The summed E-state index contributed by atoms with van der Waals surface area (Å²) in [5.41, 5.74) is -0.846. The lowest BCUT2D eigenvalue weighted by molar-refractivity contribution is -0.126. The number of hydrogen-bond acceptors (Lipinski definition) is 3. The Kier molecular flexibility index (Phi) is 4.54. The number of aliphatic hydroxyl groups is 1. The van der Waals surface area contributed by atoms with Gasteiger partial charge < -0.3 is 15.2 Å². The molecule has 1 heterocycles. The van der Waals surface area contributed by atoms with Gasteiger partial charge in [0.15, 0.2) is 0 Å². The maximum absolute atomic E-state index is 11.6. The summed E-state index contributed by atoms with van der Waals surface area (Å²) in [7, 11) is 0. The molecule has 0 radical (unpaired) electrons. The molecule has 0 bridgehead atoms. The zero-order valence-corrected chi connectivity index (χ0v) is 9.58. The van der Waals surface area contributed by atoms with Crippen molar-refractivity contribution in [1.29, 1.82) is 0 Å². The van der Waals surface area contributed by atoms with Crippen LogP contribution in [0.4, 0.5) is 0 Å². The zero-order valence-electron chi connectivity index (χ0n) is 9.58. The van der Waals surface area contributed by atoms with E-state index in [1.165, 1.54) is 0 Å². The van der Waals surface area contributed by atoms with E-state index in [9.17, 15) is 9.90 Å². The fourth-order valence-electron chi connectivity index (χ4n) is 1.79. The van der Waals surface area contributed by atoms with Gasteiger partial charge in [-0.1, -0.05) is 13.8 Å². The molecule has 0 aliphatic carbocycles. The molecule has 0 saturated carbocycles. The van der Waals surface area contributed by atoms with Gasteiger partial charge in [0.05, 0.1) is 6.61 Å². The van der Waals surface area contributed by atoms with Crippen molar-refractivity contribution in [3.63, 3.8) is 0 Å². The second-order valence-corrected chi connectivity index (χ2v) is 4.26. The lowest BCUT2D eigenvalue weighted by atomic mass is 10.0. The summed E-state index contributed by atoms with van der Waals surface area (Å²) < 4.78 is 5.10. The minimum atomic E-state index is -0.846. The average Bonchev–Trinajstić information content (AvgIpc) is 2.65. The first kappa shape index (κ1) is 12.5. The molecule has 1 aliphatic rings. The SMILES string of the molecule is CCC(CC)C(=O)NC[C@]1(O)CCOC1. The van der Waals surface area contributed by atoms with E-state index in [0.29, 0.717) is 26.2 Å². The van der Waals surface area contributed by atoms with Crippen molar-refractivity contribution in [3.05, 3.63) is 0 Å². The molecule has 1 amide bonds. The van der Waals surface area contributed by atoms with Crippen LogP contribution < -0.4 is 5.32 Å². The van der Waals surface area contributed by atoms with E-state index in [1.54, 1.807) is 0 Å². The Morgan fingerprint density at radius 1 is 1.53 bits per heavy atom. The first-order valence-corrected chi connectivity index (χ1v) is 5.69. The number of amides is 1. The van der Waals surface area contributed by atoms with Crippen molar-refractivity contribution in [2.24, 2.45) is 5.92 Å². The molecule has 15 heavy (non-hydrogen) atoms. The van der Waals surface area contributed by atoms with Crippen molar-refractivity contribution >= 4 is 5.91 Å². The molecule has 2 N–H and O–H groups in total. The average molecular weight is 215 g/mol. The van der Waals surface area contributed by atoms with Gasteiger partial charge in [0.2, 0.25) is 5.91 Å². The summed E-state index contributed by atoms with van der Waals surface area (Å²) in [6.45, 7) is 5.22. The van der Waals surface area contributed by atoms with Crippen LogP contribution in [0.1, 0.15) is 33.1 Å². The Morgan fingerprint density at radius 3 is 2.67 bits per heavy atom. The second kappa shape index (κ2) is 5.47. The van der Waals surface area contributed by atoms with Gasteiger partial charge in [-0.25, -0.2) is 0 Å². The largest absolute Gasteiger partial charge is 0.386 e. The molecule has 1 rings (SSSR count). The first-order chi connectivity index (χ1) is 7.11. The predicted molar refractivity (Wildman–Crippen MR) is 57.5 cm³/mol. The molecule has 1 saturated heterocycles. The van der Waals surface area contributed by atoms with Gasteiger partial charge in [-0.2, -0.15) is 0 Å². The van der Waals surface area contributed by atoms with Crippen LogP contribution in [0.5, 0.6) is 0 Å². The van der Waals surface area contributed by atoms with Gasteiger partial charge in [-0.15, -0.1) is 0 Å². The Bertz CT molecular complexity index is 208. The molecule has 0 unspecified atom stereocenters. The van der Waals surface area contributed by atoms with Gasteiger partial charge in [0, 0.05) is 25.5 Å². The standard InChI is InChI=1S/C11H21NO3/c1-3-9(4-2)10(13)12-7-11(14)5-6-15-8-11/h9,14H,3-8H2,1-2H3,(H,12,13)/t11-/m1/s1. The molecule has 88 valence electrons. The molecule has 0 aromatic rings. The molecule has 0 aromatic heterocycles. The highest BCUT2D eigenvalue weighted by Gasteiger charge is 2.32. The molecule has 1 atom stereocenters. The third kappa shape index (κ3) is 3.47. The molecular formula is C11H21NO3. The summed E-state index contributed by atoms with van der Waals surface area (Å²) in [6, 6.07) is 0. The molecular weight excluding hydrogens is 194 g/mol. The second-order valence-electron chi connectivity index (χ2n) is 4.26. The van der Waals surface area contributed by atoms with Crippen molar-refractivity contribution in [3.8, 4) is 0 Å². The number of ether oxygens (including phenoxy) is 1. The minimum absolute atomic E-state index is 0.0420. The van der Waals surface area contributed by atoms with Crippen LogP contribution in [-0.2, 0) is 9.53 Å². The summed E-state index contributed by atoms with van der Waals surface area (Å²) in [6.07, 6.45) is 2.30. The van der Waals surface area contributed by atoms with Gasteiger partial charge in [-0.3, -0.25) is 4.79 Å². The smallest absolute Gasteiger partial charge is 0.223 e. The van der Waals surface area contributed by atoms with E-state index >= 15 is 0 Å². The zero-order chi connectivity index (χ0) is 11.3. The highest BCUT2D eigenvalue weighted by atomic mass is 16.5. The maximum atomic E-state index is 11.6. The number of carbonyl (C=O) groups is 1. The topological polar surface area (TPSA) is 58.6 Å². The van der Waals surface area contributed by atoms with Gasteiger partial charge in [-0.05, 0) is 12.8 Å². The maximum Gasteiger partial charge on any atom is 0.223 e. The molecule has 0 aromatic carbocycles. The Balaban J connectivity index is 2.32. The normalized spacial score (nSPS) is 25.9. The van der Waals surface area contributed by atoms with E-state index < -0.39 is 5.60 Å². The minimum Gasteiger partial charge on any atom is -0.386 e. The van der Waals surface area contributed by atoms with Gasteiger partial charge in [0.1, 0.15) is 5.60 Å². The lowest BCUT2D eigenvalue weighted by Gasteiger charge is -2.22. The number of hydrogen-bond donors (Lipinski definition) is 2.